The van der Waals surface area contributed by atoms with Gasteiger partial charge in [-0.2, -0.15) is 9.78 Å². The lowest BCUT2D eigenvalue weighted by Gasteiger charge is -2.21. The summed E-state index contributed by atoms with van der Waals surface area (Å²) < 4.78 is 14.2. The van der Waals surface area contributed by atoms with Gasteiger partial charge in [0.05, 0.1) is 34.3 Å². The second kappa shape index (κ2) is 11.1. The zero-order valence-corrected chi connectivity index (χ0v) is 24.3. The van der Waals surface area contributed by atoms with Gasteiger partial charge in [0.2, 0.25) is 0 Å². The number of aromatic carboxylic acids is 1. The normalized spacial score (nSPS) is 11.7. The quantitative estimate of drug-likeness (QED) is 0.235. The van der Waals surface area contributed by atoms with Crippen molar-refractivity contribution < 1.29 is 19.4 Å². The smallest absolute Gasteiger partial charge is 0.335 e. The molecular weight excluding hydrogens is 618 g/mol. The van der Waals surface area contributed by atoms with Crippen LogP contribution in [0.25, 0.3) is 10.9 Å². The maximum absolute atomic E-state index is 13.4. The molecule has 0 aliphatic carbocycles. The highest BCUT2D eigenvalue weighted by Crippen LogP contribution is 2.37. The topological polar surface area (TPSA) is 103 Å². The number of carboxylic acids is 1. The molecule has 10 heteroatoms. The Bertz CT molecular complexity index is 1620. The second-order valence-electron chi connectivity index (χ2n) is 9.54. The maximum Gasteiger partial charge on any atom is 0.335 e. The Kier molecular flexibility index (Phi) is 8.03. The van der Waals surface area contributed by atoms with Gasteiger partial charge < -0.3 is 14.6 Å². The molecule has 0 saturated heterocycles. The lowest BCUT2D eigenvalue weighted by molar-refractivity contribution is 0.0696. The summed E-state index contributed by atoms with van der Waals surface area (Å²) in [5, 5.41) is 14.2. The first-order chi connectivity index (χ1) is 18.0. The molecule has 0 radical (unpaired) electrons. The number of benzene rings is 3. The van der Waals surface area contributed by atoms with Crippen molar-refractivity contribution >= 4 is 54.9 Å². The number of hydrogen-bond donors (Lipinski definition) is 1. The molecule has 4 rings (SSSR count). The van der Waals surface area contributed by atoms with Crippen LogP contribution in [0.5, 0.6) is 11.5 Å². The fraction of sp³-hybridized carbons (Fsp3) is 0.214. The lowest BCUT2D eigenvalue weighted by atomic mass is 9.95. The van der Waals surface area contributed by atoms with Gasteiger partial charge in [-0.25, -0.2) is 9.78 Å². The Hall–Kier alpha value is -3.50. The van der Waals surface area contributed by atoms with Gasteiger partial charge in [-0.05, 0) is 69.5 Å². The summed E-state index contributed by atoms with van der Waals surface area (Å²) in [6.45, 7) is 6.07. The van der Waals surface area contributed by atoms with Crippen LogP contribution in [0.1, 0.15) is 48.1 Å². The van der Waals surface area contributed by atoms with Crippen LogP contribution >= 0.6 is 31.9 Å². The Balaban J connectivity index is 1.69. The van der Waals surface area contributed by atoms with Crippen LogP contribution < -0.4 is 15.0 Å². The van der Waals surface area contributed by atoms with Gasteiger partial charge in [0, 0.05) is 9.89 Å². The zero-order valence-electron chi connectivity index (χ0n) is 21.2. The molecule has 196 valence electrons. The van der Waals surface area contributed by atoms with E-state index < -0.39 is 11.4 Å². The van der Waals surface area contributed by atoms with Crippen LogP contribution in [0, 0.1) is 0 Å². The number of ether oxygens (including phenoxy) is 2. The number of halogens is 2. The summed E-state index contributed by atoms with van der Waals surface area (Å²) in [5.41, 5.74) is 1.45. The van der Waals surface area contributed by atoms with Gasteiger partial charge in [-0.15, -0.1) is 0 Å². The molecule has 1 aromatic heterocycles. The maximum atomic E-state index is 13.4. The van der Waals surface area contributed by atoms with Crippen molar-refractivity contribution in [1.29, 1.82) is 0 Å². The van der Waals surface area contributed by atoms with Crippen molar-refractivity contribution in [3.8, 4) is 11.5 Å². The number of methoxy groups -OCH3 is 1. The molecule has 0 amide bonds. The van der Waals surface area contributed by atoms with Crippen molar-refractivity contribution in [2.24, 2.45) is 5.10 Å². The molecule has 1 heterocycles. The van der Waals surface area contributed by atoms with Crippen LogP contribution in [0.3, 0.4) is 0 Å². The van der Waals surface area contributed by atoms with Gasteiger partial charge in [-0.3, -0.25) is 4.79 Å². The monoisotopic (exact) mass is 641 g/mol. The van der Waals surface area contributed by atoms with Gasteiger partial charge in [0.1, 0.15) is 12.4 Å². The van der Waals surface area contributed by atoms with E-state index in [1.807, 2.05) is 32.9 Å². The Labute approximate surface area is 236 Å². The number of carbonyl (C=O) groups is 1. The minimum absolute atomic E-state index is 0.145. The van der Waals surface area contributed by atoms with Crippen LogP contribution in [0.2, 0.25) is 0 Å². The second-order valence-corrected chi connectivity index (χ2v) is 11.3. The van der Waals surface area contributed by atoms with E-state index in [9.17, 15) is 14.7 Å². The van der Waals surface area contributed by atoms with Gasteiger partial charge in [0.25, 0.3) is 5.56 Å². The first-order valence-corrected chi connectivity index (χ1v) is 13.2. The predicted molar refractivity (Wildman–Crippen MR) is 154 cm³/mol. The minimum Gasteiger partial charge on any atom is -0.493 e. The standard InChI is InChI=1S/C28H25Br2N3O5/c1-28(2,3)27-32-22-9-8-19(29)13-20(22)25(34)33(27)31-14-17-11-21(30)24(23(12-17)37-4)38-15-16-6-5-7-18(10-16)26(35)36/h5-14H,15H2,1-4H3,(H,35,36). The molecule has 8 nitrogen and oxygen atoms in total. The number of aromatic nitrogens is 2. The minimum atomic E-state index is -1.00. The number of nitrogens with zero attached hydrogens (tertiary/aromatic N) is 3. The molecule has 0 bridgehead atoms. The third-order valence-corrected chi connectivity index (χ3v) is 6.69. The largest absolute Gasteiger partial charge is 0.493 e. The summed E-state index contributed by atoms with van der Waals surface area (Å²) in [6.07, 6.45) is 1.57. The zero-order chi connectivity index (χ0) is 27.6. The molecule has 0 aliphatic heterocycles. The highest BCUT2D eigenvalue weighted by atomic mass is 79.9. The van der Waals surface area contributed by atoms with E-state index in [4.69, 9.17) is 14.5 Å². The molecule has 0 fully saturated rings. The summed E-state index contributed by atoms with van der Waals surface area (Å²) >= 11 is 6.95. The van der Waals surface area contributed by atoms with E-state index in [2.05, 4.69) is 37.0 Å². The third kappa shape index (κ3) is 5.97. The van der Waals surface area contributed by atoms with Crippen molar-refractivity contribution in [1.82, 2.24) is 9.66 Å². The van der Waals surface area contributed by atoms with Crippen LogP contribution in [0.15, 0.2) is 73.4 Å². The average molecular weight is 643 g/mol. The van der Waals surface area contributed by atoms with Crippen molar-refractivity contribution in [3.63, 3.8) is 0 Å². The number of rotatable bonds is 7. The van der Waals surface area contributed by atoms with Crippen LogP contribution in [0.4, 0.5) is 0 Å². The average Bonchev–Trinajstić information content (AvgIpc) is 2.87. The molecular formula is C28H25Br2N3O5. The molecule has 0 aliphatic rings. The number of fused-ring (bicyclic) bond motifs is 1. The van der Waals surface area contributed by atoms with Crippen molar-refractivity contribution in [2.75, 3.05) is 7.11 Å². The molecule has 4 aromatic rings. The summed E-state index contributed by atoms with van der Waals surface area (Å²) in [4.78, 5) is 29.4. The molecule has 3 aromatic carbocycles. The van der Waals surface area contributed by atoms with Crippen molar-refractivity contribution in [2.45, 2.75) is 32.8 Å². The predicted octanol–water partition coefficient (Wildman–Crippen LogP) is 6.39. The fourth-order valence-corrected chi connectivity index (χ4v) is 4.71. The fourth-order valence-electron chi connectivity index (χ4n) is 3.77. The van der Waals surface area contributed by atoms with Gasteiger partial charge >= 0.3 is 5.97 Å². The molecule has 38 heavy (non-hydrogen) atoms. The number of hydrogen-bond acceptors (Lipinski definition) is 6. The number of carboxylic acid groups (broad SMARTS) is 1. The molecule has 0 atom stereocenters. The Morgan fingerprint density at radius 1 is 1.13 bits per heavy atom. The SMILES string of the molecule is COc1cc(C=Nn2c(C(C)(C)C)nc3ccc(Br)cc3c2=O)cc(Br)c1OCc1cccc(C(=O)O)c1. The molecule has 1 N–H and O–H groups in total. The first-order valence-electron chi connectivity index (χ1n) is 11.6. The lowest BCUT2D eigenvalue weighted by Crippen LogP contribution is -2.29. The summed E-state index contributed by atoms with van der Waals surface area (Å²) in [5.74, 6) is 0.426. The van der Waals surface area contributed by atoms with Gasteiger partial charge in [0.15, 0.2) is 11.5 Å². The van der Waals surface area contributed by atoms with E-state index in [1.54, 1.807) is 42.6 Å². The van der Waals surface area contributed by atoms with E-state index in [0.29, 0.717) is 43.8 Å². The Morgan fingerprint density at radius 2 is 1.89 bits per heavy atom. The van der Waals surface area contributed by atoms with Crippen LogP contribution in [-0.2, 0) is 12.0 Å². The van der Waals surface area contributed by atoms with E-state index in [1.165, 1.54) is 17.9 Å². The van der Waals surface area contributed by atoms with E-state index >= 15 is 0 Å². The molecule has 0 saturated carbocycles. The van der Waals surface area contributed by atoms with E-state index in [-0.39, 0.29) is 17.7 Å². The van der Waals surface area contributed by atoms with E-state index in [0.717, 1.165) is 4.47 Å². The molecule has 0 spiro atoms. The molecule has 0 unspecified atom stereocenters. The highest BCUT2D eigenvalue weighted by molar-refractivity contribution is 9.10. The summed E-state index contributed by atoms with van der Waals surface area (Å²) in [7, 11) is 1.52. The van der Waals surface area contributed by atoms with Crippen molar-refractivity contribution in [3.05, 3.63) is 96.4 Å². The highest BCUT2D eigenvalue weighted by Gasteiger charge is 2.23. The van der Waals surface area contributed by atoms with Gasteiger partial charge in [-0.1, -0.05) is 48.8 Å². The summed E-state index contributed by atoms with van der Waals surface area (Å²) in [6, 6.07) is 15.5. The Morgan fingerprint density at radius 3 is 2.58 bits per heavy atom. The first kappa shape index (κ1) is 27.5. The van der Waals surface area contributed by atoms with Crippen LogP contribution in [-0.4, -0.2) is 34.1 Å². The third-order valence-electron chi connectivity index (χ3n) is 5.61.